The van der Waals surface area contributed by atoms with Crippen LogP contribution < -0.4 is 10.2 Å². The molecule has 0 saturated carbocycles. The third kappa shape index (κ3) is 3.82. The first-order valence-corrected chi connectivity index (χ1v) is 12.3. The topological polar surface area (TPSA) is 61.1 Å². The number of benzene rings is 3. The van der Waals surface area contributed by atoms with E-state index in [-0.39, 0.29) is 6.04 Å². The van der Waals surface area contributed by atoms with Crippen LogP contribution in [0, 0.1) is 0 Å². The number of hydrogen-bond donors (Lipinski definition) is 1. The van der Waals surface area contributed by atoms with E-state index in [0.29, 0.717) is 6.54 Å². The summed E-state index contributed by atoms with van der Waals surface area (Å²) in [7, 11) is 3.86. The molecule has 6 rings (SSSR count). The van der Waals surface area contributed by atoms with E-state index in [2.05, 4.69) is 92.4 Å². The summed E-state index contributed by atoms with van der Waals surface area (Å²) in [6.45, 7) is 3.57. The van der Waals surface area contributed by atoms with Gasteiger partial charge in [0.15, 0.2) is 5.82 Å². The van der Waals surface area contributed by atoms with Crippen molar-refractivity contribution in [3.63, 3.8) is 0 Å². The fraction of sp³-hybridized carbons (Fsp3) is 0.207. The lowest BCUT2D eigenvalue weighted by Gasteiger charge is -2.33. The van der Waals surface area contributed by atoms with E-state index in [1.807, 2.05) is 38.4 Å². The zero-order chi connectivity index (χ0) is 24.6. The van der Waals surface area contributed by atoms with Crippen molar-refractivity contribution < 1.29 is 0 Å². The second-order valence-electron chi connectivity index (χ2n) is 9.25. The van der Waals surface area contributed by atoms with Crippen molar-refractivity contribution in [2.75, 3.05) is 30.9 Å². The number of fused-ring (bicyclic) bond motifs is 3. The average Bonchev–Trinajstić information content (AvgIpc) is 3.47. The van der Waals surface area contributed by atoms with Crippen molar-refractivity contribution in [1.29, 1.82) is 0 Å². The number of anilines is 3. The van der Waals surface area contributed by atoms with Gasteiger partial charge in [-0.1, -0.05) is 72.8 Å². The highest BCUT2D eigenvalue weighted by molar-refractivity contribution is 6.22. The summed E-state index contributed by atoms with van der Waals surface area (Å²) in [5.41, 5.74) is 5.60. The van der Waals surface area contributed by atoms with Crippen LogP contribution in [0.4, 0.5) is 17.3 Å². The van der Waals surface area contributed by atoms with Gasteiger partial charge in [0.1, 0.15) is 17.2 Å². The zero-order valence-electron chi connectivity index (χ0n) is 20.8. The van der Waals surface area contributed by atoms with Crippen LogP contribution in [0.15, 0.2) is 94.9 Å². The molecule has 0 bridgehead atoms. The monoisotopic (exact) mass is 475 g/mol. The molecule has 1 aromatic heterocycles. The first-order chi connectivity index (χ1) is 17.6. The molecule has 7 nitrogen and oxygen atoms in total. The molecule has 0 amide bonds. The van der Waals surface area contributed by atoms with Crippen LogP contribution in [0.25, 0.3) is 11.1 Å². The van der Waals surface area contributed by atoms with E-state index >= 15 is 0 Å². The summed E-state index contributed by atoms with van der Waals surface area (Å²) in [6, 6.07) is 29.6. The Bertz CT molecular complexity index is 1440. The van der Waals surface area contributed by atoms with Crippen molar-refractivity contribution in [1.82, 2.24) is 14.7 Å². The number of rotatable bonds is 5. The number of guanidine groups is 1. The molecule has 2 aliphatic rings. The summed E-state index contributed by atoms with van der Waals surface area (Å²) >= 11 is 0. The Labute approximate surface area is 211 Å². The fourth-order valence-electron chi connectivity index (χ4n) is 4.98. The van der Waals surface area contributed by atoms with Crippen molar-refractivity contribution >= 4 is 29.1 Å². The number of hydrogen-bond acceptors (Lipinski definition) is 5. The Morgan fingerprint density at radius 3 is 2.28 bits per heavy atom. The molecule has 0 aliphatic carbocycles. The second kappa shape index (κ2) is 9.00. The maximum absolute atomic E-state index is 5.12. The van der Waals surface area contributed by atoms with Gasteiger partial charge in [0.05, 0.1) is 12.6 Å². The van der Waals surface area contributed by atoms with Crippen LogP contribution in [0.3, 0.4) is 0 Å². The Kier molecular flexibility index (Phi) is 5.52. The van der Waals surface area contributed by atoms with Crippen LogP contribution in [-0.4, -0.2) is 53.2 Å². The third-order valence-corrected chi connectivity index (χ3v) is 6.70. The molecule has 2 aliphatic heterocycles. The molecule has 0 fully saturated rings. The highest BCUT2D eigenvalue weighted by Crippen LogP contribution is 2.37. The minimum absolute atomic E-state index is 0.202. The Balaban J connectivity index is 1.42. The average molecular weight is 476 g/mol. The summed E-state index contributed by atoms with van der Waals surface area (Å²) in [5.74, 6) is 3.59. The molecule has 7 heteroatoms. The van der Waals surface area contributed by atoms with Gasteiger partial charge in [-0.2, -0.15) is 5.10 Å². The number of nitrogens with zero attached hydrogens (tertiary/aromatic N) is 6. The molecule has 3 aromatic carbocycles. The van der Waals surface area contributed by atoms with Gasteiger partial charge < -0.3 is 5.32 Å². The molecular weight excluding hydrogens is 446 g/mol. The van der Waals surface area contributed by atoms with Crippen LogP contribution in [0.5, 0.6) is 0 Å². The van der Waals surface area contributed by atoms with Gasteiger partial charge in [-0.15, -0.1) is 0 Å². The molecule has 1 N–H and O–H groups in total. The molecule has 180 valence electrons. The maximum Gasteiger partial charge on any atom is 0.208 e. The molecule has 4 aromatic rings. The highest BCUT2D eigenvalue weighted by Gasteiger charge is 2.40. The lowest BCUT2D eigenvalue weighted by molar-refractivity contribution is 0.686. The Morgan fingerprint density at radius 2 is 1.58 bits per heavy atom. The van der Waals surface area contributed by atoms with Gasteiger partial charge in [-0.25, -0.2) is 9.67 Å². The molecule has 1 atom stereocenters. The van der Waals surface area contributed by atoms with Gasteiger partial charge >= 0.3 is 0 Å². The fourth-order valence-corrected chi connectivity index (χ4v) is 4.98. The molecule has 0 unspecified atom stereocenters. The van der Waals surface area contributed by atoms with Crippen LogP contribution >= 0.6 is 0 Å². The van der Waals surface area contributed by atoms with E-state index in [9.17, 15) is 0 Å². The Morgan fingerprint density at radius 1 is 0.917 bits per heavy atom. The van der Waals surface area contributed by atoms with Gasteiger partial charge in [-0.3, -0.25) is 14.8 Å². The van der Waals surface area contributed by atoms with Crippen LogP contribution in [-0.2, 0) is 6.54 Å². The Hall–Kier alpha value is -4.39. The number of amidine groups is 1. The van der Waals surface area contributed by atoms with E-state index in [4.69, 9.17) is 10.1 Å². The molecule has 0 radical (unpaired) electrons. The lowest BCUT2D eigenvalue weighted by atomic mass is 10.0. The smallest absolute Gasteiger partial charge is 0.208 e. The molecule has 0 spiro atoms. The maximum atomic E-state index is 5.12. The normalized spacial score (nSPS) is 17.7. The number of nitrogens with one attached hydrogen (secondary N) is 1. The minimum Gasteiger partial charge on any atom is -0.340 e. The van der Waals surface area contributed by atoms with Crippen molar-refractivity contribution in [3.05, 3.63) is 96.1 Å². The van der Waals surface area contributed by atoms with Crippen molar-refractivity contribution in [2.24, 2.45) is 9.98 Å². The lowest BCUT2D eigenvalue weighted by Crippen LogP contribution is -2.48. The molecule has 3 heterocycles. The third-order valence-electron chi connectivity index (χ3n) is 6.70. The standard InChI is InChI=1S/C29H29N7/c1-20-18-35-28-25(26(30-2)34(3)29(35)31-20)27(32-24-12-8-5-9-13-24)36(33-28)19-21-14-16-23(17-15-21)22-10-6-4-7-11-22/h4-17,20,32H,18-19H2,1-3H3/b30-26-/t20-/m1/s1. The number of para-hydroxylation sites is 1. The molecular formula is C29H29N7. The molecule has 36 heavy (non-hydrogen) atoms. The van der Waals surface area contributed by atoms with Crippen molar-refractivity contribution in [2.45, 2.75) is 19.5 Å². The number of aliphatic imine (C=N–C) groups is 2. The quantitative estimate of drug-likeness (QED) is 0.430. The summed E-state index contributed by atoms with van der Waals surface area (Å²) < 4.78 is 2.06. The van der Waals surface area contributed by atoms with E-state index in [0.717, 1.165) is 41.2 Å². The van der Waals surface area contributed by atoms with Gasteiger partial charge in [-0.05, 0) is 35.7 Å². The summed E-state index contributed by atoms with van der Waals surface area (Å²) in [6.07, 6.45) is 0. The van der Waals surface area contributed by atoms with E-state index in [1.54, 1.807) is 0 Å². The first kappa shape index (κ1) is 22.1. The number of aromatic nitrogens is 2. The predicted molar refractivity (Wildman–Crippen MR) is 147 cm³/mol. The summed E-state index contributed by atoms with van der Waals surface area (Å²) in [5, 5.41) is 8.76. The van der Waals surface area contributed by atoms with Gasteiger partial charge in [0.2, 0.25) is 5.96 Å². The second-order valence-corrected chi connectivity index (χ2v) is 9.25. The largest absolute Gasteiger partial charge is 0.340 e. The van der Waals surface area contributed by atoms with Gasteiger partial charge in [0, 0.05) is 26.3 Å². The van der Waals surface area contributed by atoms with Crippen LogP contribution in [0.2, 0.25) is 0 Å². The van der Waals surface area contributed by atoms with Crippen LogP contribution in [0.1, 0.15) is 18.1 Å². The zero-order valence-corrected chi connectivity index (χ0v) is 20.8. The first-order valence-electron chi connectivity index (χ1n) is 12.3. The van der Waals surface area contributed by atoms with E-state index < -0.39 is 0 Å². The van der Waals surface area contributed by atoms with E-state index in [1.165, 1.54) is 16.7 Å². The highest BCUT2D eigenvalue weighted by atomic mass is 15.5. The SMILES string of the molecule is C/N=C1/c2c(nn(Cc3ccc(-c4ccccc4)cc3)c2Nc2ccccc2)N2C[C@@H](C)N=C2N1C. The summed E-state index contributed by atoms with van der Waals surface area (Å²) in [4.78, 5) is 13.8. The van der Waals surface area contributed by atoms with Crippen molar-refractivity contribution in [3.8, 4) is 11.1 Å². The minimum atomic E-state index is 0.202. The predicted octanol–water partition coefficient (Wildman–Crippen LogP) is 5.23. The molecule has 0 saturated heterocycles. The van der Waals surface area contributed by atoms with Gasteiger partial charge in [0.25, 0.3) is 0 Å².